The zero-order valence-corrected chi connectivity index (χ0v) is 20.1. The molecule has 1 saturated heterocycles. The number of aromatic nitrogens is 2. The van der Waals surface area contributed by atoms with Crippen molar-refractivity contribution in [3.05, 3.63) is 48.3 Å². The van der Waals surface area contributed by atoms with Gasteiger partial charge in [0, 0.05) is 17.1 Å². The molecule has 3 heterocycles. The Kier molecular flexibility index (Phi) is 7.59. The molecule has 180 valence electrons. The van der Waals surface area contributed by atoms with E-state index < -0.39 is 12.7 Å². The van der Waals surface area contributed by atoms with Gasteiger partial charge in [0.25, 0.3) is 0 Å². The molecule has 1 aromatic carbocycles. The molecule has 4 rings (SSSR count). The third kappa shape index (κ3) is 6.19. The van der Waals surface area contributed by atoms with Crippen molar-refractivity contribution >= 4 is 34.0 Å². The van der Waals surface area contributed by atoms with E-state index in [1.54, 1.807) is 36.2 Å². The molecule has 0 spiro atoms. The summed E-state index contributed by atoms with van der Waals surface area (Å²) in [4.78, 5) is 6.58. The van der Waals surface area contributed by atoms with Crippen molar-refractivity contribution in [2.24, 2.45) is 0 Å². The van der Waals surface area contributed by atoms with Crippen LogP contribution in [0.4, 0.5) is 24.5 Å². The average molecular weight is 488 g/mol. The van der Waals surface area contributed by atoms with Gasteiger partial charge < -0.3 is 20.1 Å². The van der Waals surface area contributed by atoms with Crippen molar-refractivity contribution in [3.63, 3.8) is 0 Å². The molecular formula is C25H28F3N5S. The molecular weight excluding hydrogens is 459 g/mol. The van der Waals surface area contributed by atoms with E-state index >= 15 is 0 Å². The van der Waals surface area contributed by atoms with Crippen LogP contribution in [0.1, 0.15) is 18.5 Å². The third-order valence-corrected chi connectivity index (χ3v) is 6.56. The zero-order valence-electron chi connectivity index (χ0n) is 19.2. The monoisotopic (exact) mass is 487 g/mol. The van der Waals surface area contributed by atoms with Crippen molar-refractivity contribution < 1.29 is 13.2 Å². The topological polar surface area (TPSA) is 45.1 Å². The SMILES string of the molecule is CSc1ccc(NCC#Cc2cc3c(NC4CCN(C)CC4)cccc3n2CC(F)(F)F)cn1. The molecule has 0 aliphatic carbocycles. The molecule has 5 nitrogen and oxygen atoms in total. The first-order chi connectivity index (χ1) is 16.3. The molecule has 0 atom stereocenters. The minimum Gasteiger partial charge on any atom is -0.382 e. The second-order valence-electron chi connectivity index (χ2n) is 8.44. The molecule has 0 bridgehead atoms. The van der Waals surface area contributed by atoms with Crippen molar-refractivity contribution in [2.45, 2.75) is 36.6 Å². The fraction of sp³-hybridized carbons (Fsp3) is 0.400. The third-order valence-electron chi connectivity index (χ3n) is 5.90. The maximum Gasteiger partial charge on any atom is 0.406 e. The van der Waals surface area contributed by atoms with Gasteiger partial charge >= 0.3 is 6.18 Å². The van der Waals surface area contributed by atoms with E-state index in [9.17, 15) is 13.2 Å². The number of halogens is 3. The number of fused-ring (bicyclic) bond motifs is 1. The number of hydrogen-bond donors (Lipinski definition) is 2. The first kappa shape index (κ1) is 24.3. The van der Waals surface area contributed by atoms with Crippen molar-refractivity contribution in [1.82, 2.24) is 14.5 Å². The fourth-order valence-electron chi connectivity index (χ4n) is 4.12. The van der Waals surface area contributed by atoms with Crippen LogP contribution in [-0.4, -0.2) is 59.6 Å². The number of thioether (sulfide) groups is 1. The quantitative estimate of drug-likeness (QED) is 0.365. The van der Waals surface area contributed by atoms with Crippen LogP contribution in [0.2, 0.25) is 0 Å². The van der Waals surface area contributed by atoms with Gasteiger partial charge in [-0.1, -0.05) is 12.0 Å². The number of nitrogens with one attached hydrogen (secondary N) is 2. The van der Waals surface area contributed by atoms with Crippen LogP contribution in [0.25, 0.3) is 10.9 Å². The Balaban J connectivity index is 1.57. The molecule has 0 saturated carbocycles. The summed E-state index contributed by atoms with van der Waals surface area (Å²) in [6.45, 7) is 1.23. The molecule has 9 heteroatoms. The maximum atomic E-state index is 13.4. The maximum absolute atomic E-state index is 13.4. The second kappa shape index (κ2) is 10.6. The predicted octanol–water partition coefficient (Wildman–Crippen LogP) is 5.29. The fourth-order valence-corrected chi connectivity index (χ4v) is 4.49. The Hall–Kier alpha value is -2.83. The van der Waals surface area contributed by atoms with Gasteiger partial charge in [0.2, 0.25) is 0 Å². The number of nitrogens with zero attached hydrogens (tertiary/aromatic N) is 3. The van der Waals surface area contributed by atoms with Gasteiger partial charge in [0.05, 0.1) is 34.7 Å². The number of pyridine rings is 1. The Labute approximate surface area is 202 Å². The van der Waals surface area contributed by atoms with Crippen LogP contribution in [0.3, 0.4) is 0 Å². The van der Waals surface area contributed by atoms with Crippen LogP contribution < -0.4 is 10.6 Å². The lowest BCUT2D eigenvalue weighted by atomic mass is 10.0. The van der Waals surface area contributed by atoms with E-state index in [0.717, 1.165) is 47.7 Å². The Bertz CT molecular complexity index is 1170. The summed E-state index contributed by atoms with van der Waals surface area (Å²) >= 11 is 1.55. The Morgan fingerprint density at radius 2 is 1.97 bits per heavy atom. The van der Waals surface area contributed by atoms with Gasteiger partial charge in [-0.2, -0.15) is 13.2 Å². The molecule has 1 aliphatic rings. The van der Waals surface area contributed by atoms with Crippen molar-refractivity contribution in [1.29, 1.82) is 0 Å². The predicted molar refractivity (Wildman–Crippen MR) is 134 cm³/mol. The highest BCUT2D eigenvalue weighted by Gasteiger charge is 2.30. The van der Waals surface area contributed by atoms with E-state index in [2.05, 4.69) is 39.4 Å². The average Bonchev–Trinajstić information content (AvgIpc) is 3.15. The largest absolute Gasteiger partial charge is 0.406 e. The number of benzene rings is 1. The second-order valence-corrected chi connectivity index (χ2v) is 9.26. The highest BCUT2D eigenvalue weighted by Crippen LogP contribution is 2.31. The molecule has 0 unspecified atom stereocenters. The van der Waals surface area contributed by atoms with Gasteiger partial charge in [-0.05, 0) is 75.5 Å². The normalized spacial score (nSPS) is 15.2. The van der Waals surface area contributed by atoms with E-state index in [4.69, 9.17) is 0 Å². The summed E-state index contributed by atoms with van der Waals surface area (Å²) in [6.07, 6.45) is 1.33. The molecule has 34 heavy (non-hydrogen) atoms. The molecule has 3 aromatic rings. The van der Waals surface area contributed by atoms with Crippen LogP contribution in [0, 0.1) is 11.8 Å². The summed E-state index contributed by atoms with van der Waals surface area (Å²) < 4.78 is 41.5. The lowest BCUT2D eigenvalue weighted by Gasteiger charge is -2.30. The number of anilines is 2. The van der Waals surface area contributed by atoms with Crippen molar-refractivity contribution in [2.75, 3.05) is 43.6 Å². The number of alkyl halides is 3. The minimum absolute atomic E-state index is 0.300. The van der Waals surface area contributed by atoms with E-state index in [1.807, 2.05) is 24.5 Å². The van der Waals surface area contributed by atoms with E-state index in [0.29, 0.717) is 23.8 Å². The summed E-state index contributed by atoms with van der Waals surface area (Å²) in [7, 11) is 2.10. The number of piperidine rings is 1. The highest BCUT2D eigenvalue weighted by atomic mass is 32.2. The molecule has 1 fully saturated rings. The Morgan fingerprint density at radius 1 is 1.18 bits per heavy atom. The van der Waals surface area contributed by atoms with Crippen molar-refractivity contribution in [3.8, 4) is 11.8 Å². The molecule has 0 radical (unpaired) electrons. The first-order valence-electron chi connectivity index (χ1n) is 11.2. The standard InChI is InChI=1S/C25H28F3N5S/c1-32-13-10-18(11-14-32)31-22-6-3-7-23-21(22)15-20(33(23)17-25(26,27)28)5-4-12-29-19-8-9-24(34-2)30-16-19/h3,6-9,15-16,18,29,31H,10-14,17H2,1-2H3. The summed E-state index contributed by atoms with van der Waals surface area (Å²) in [5, 5.41) is 8.38. The summed E-state index contributed by atoms with van der Waals surface area (Å²) in [6, 6.07) is 11.3. The molecule has 0 amide bonds. The molecule has 2 N–H and O–H groups in total. The summed E-state index contributed by atoms with van der Waals surface area (Å²) in [5.41, 5.74) is 2.55. The highest BCUT2D eigenvalue weighted by molar-refractivity contribution is 7.98. The lowest BCUT2D eigenvalue weighted by Crippen LogP contribution is -2.36. The molecule has 1 aliphatic heterocycles. The number of rotatable bonds is 6. The number of hydrogen-bond acceptors (Lipinski definition) is 5. The van der Waals surface area contributed by atoms with Gasteiger partial charge in [0.15, 0.2) is 0 Å². The van der Waals surface area contributed by atoms with E-state index in [1.165, 1.54) is 4.57 Å². The summed E-state index contributed by atoms with van der Waals surface area (Å²) in [5.74, 6) is 5.91. The minimum atomic E-state index is -4.34. The lowest BCUT2D eigenvalue weighted by molar-refractivity contribution is -0.140. The zero-order chi connectivity index (χ0) is 24.1. The van der Waals surface area contributed by atoms with Gasteiger partial charge in [-0.25, -0.2) is 4.98 Å². The molecule has 2 aromatic heterocycles. The van der Waals surface area contributed by atoms with Gasteiger partial charge in [0.1, 0.15) is 6.54 Å². The number of likely N-dealkylation sites (tertiary alicyclic amines) is 1. The first-order valence-corrected chi connectivity index (χ1v) is 12.4. The van der Waals surface area contributed by atoms with Crippen LogP contribution in [0.5, 0.6) is 0 Å². The van der Waals surface area contributed by atoms with Gasteiger partial charge in [-0.3, -0.25) is 0 Å². The van der Waals surface area contributed by atoms with Crippen LogP contribution in [-0.2, 0) is 6.54 Å². The Morgan fingerprint density at radius 3 is 2.65 bits per heavy atom. The van der Waals surface area contributed by atoms with E-state index in [-0.39, 0.29) is 0 Å². The van der Waals surface area contributed by atoms with Gasteiger partial charge in [-0.15, -0.1) is 11.8 Å². The van der Waals surface area contributed by atoms with Crippen LogP contribution >= 0.6 is 11.8 Å². The van der Waals surface area contributed by atoms with Crippen LogP contribution in [0.15, 0.2) is 47.6 Å². The smallest absolute Gasteiger partial charge is 0.382 e.